The number of urea groups is 1. The van der Waals surface area contributed by atoms with E-state index in [1.54, 1.807) is 65.0 Å². The molecule has 7 rings (SSSR count). The number of pyridine rings is 2. The van der Waals surface area contributed by atoms with Crippen molar-refractivity contribution in [3.63, 3.8) is 0 Å². The predicted octanol–water partition coefficient (Wildman–Crippen LogP) is 8.95. The smallest absolute Gasteiger partial charge is 0.324 e. The van der Waals surface area contributed by atoms with E-state index in [4.69, 9.17) is 24.7 Å². The number of thiazole rings is 2. The van der Waals surface area contributed by atoms with Crippen LogP contribution in [0.15, 0.2) is 110 Å². The van der Waals surface area contributed by atoms with Crippen LogP contribution in [0, 0.1) is 0 Å². The van der Waals surface area contributed by atoms with E-state index in [1.165, 1.54) is 34.4 Å². The lowest BCUT2D eigenvalue weighted by Gasteiger charge is -2.10. The van der Waals surface area contributed by atoms with Gasteiger partial charge in [-0.25, -0.2) is 14.8 Å². The number of hydrogen-bond donors (Lipinski definition) is 3. The second-order valence-electron chi connectivity index (χ2n) is 10.2. The standard InChI is InChI=1S/C21H18N4O3S2.C14H13N3O2S2/c1-27-16-10-14-15(11-17(16)28-2)22-9-8-18(14)29-21-23-12-19(30-21)25-20(26)24-13-6-4-3-5-7-13;1-18-10-5-8-9(6-11(10)19-2)16-4-3-12(8)20-14-17-7-13(15)21-14/h3-12H,1-2H3,(H2,24,25,26);3-7H,15H2,1-2H3. The molecule has 0 aliphatic rings. The van der Waals surface area contributed by atoms with Crippen molar-refractivity contribution in [1.29, 1.82) is 0 Å². The van der Waals surface area contributed by atoms with E-state index in [-0.39, 0.29) is 6.03 Å². The quantitative estimate of drug-likeness (QED) is 0.122. The highest BCUT2D eigenvalue weighted by atomic mass is 32.2. The van der Waals surface area contributed by atoms with Crippen molar-refractivity contribution in [2.75, 3.05) is 44.8 Å². The minimum atomic E-state index is -0.312. The van der Waals surface area contributed by atoms with Gasteiger partial charge in [0.05, 0.1) is 51.9 Å². The fraction of sp³-hybridized carbons (Fsp3) is 0.114. The predicted molar refractivity (Wildman–Crippen MR) is 206 cm³/mol. The molecule has 12 nitrogen and oxygen atoms in total. The molecule has 4 aromatic heterocycles. The van der Waals surface area contributed by atoms with Crippen LogP contribution in [0.3, 0.4) is 0 Å². The third-order valence-electron chi connectivity index (χ3n) is 7.06. The van der Waals surface area contributed by atoms with Gasteiger partial charge in [-0.2, -0.15) is 0 Å². The Morgan fingerprint density at radius 1 is 0.647 bits per heavy atom. The number of carbonyl (C=O) groups excluding carboxylic acids is 1. The number of anilines is 3. The number of nitrogens with one attached hydrogen (secondary N) is 2. The molecule has 16 heteroatoms. The van der Waals surface area contributed by atoms with Crippen molar-refractivity contribution in [2.24, 2.45) is 0 Å². The lowest BCUT2D eigenvalue weighted by atomic mass is 10.2. The van der Waals surface area contributed by atoms with Gasteiger partial charge in [-0.05, 0) is 36.4 Å². The second kappa shape index (κ2) is 16.6. The first-order valence-corrected chi connectivity index (χ1v) is 18.3. The van der Waals surface area contributed by atoms with Crippen molar-refractivity contribution in [3.8, 4) is 23.0 Å². The number of ether oxygens (including phenoxy) is 4. The molecule has 0 saturated carbocycles. The molecule has 0 atom stereocenters. The first kappa shape index (κ1) is 35.5. The fourth-order valence-electron chi connectivity index (χ4n) is 4.74. The lowest BCUT2D eigenvalue weighted by Crippen LogP contribution is -2.18. The number of nitrogen functional groups attached to an aromatic ring is 1. The molecule has 0 saturated heterocycles. The first-order valence-electron chi connectivity index (χ1n) is 15.0. The van der Waals surface area contributed by atoms with E-state index in [0.717, 1.165) is 46.0 Å². The van der Waals surface area contributed by atoms with Gasteiger partial charge in [0.1, 0.15) is 10.0 Å². The molecule has 0 bridgehead atoms. The number of amides is 2. The minimum Gasteiger partial charge on any atom is -0.493 e. The van der Waals surface area contributed by atoms with Crippen molar-refractivity contribution in [1.82, 2.24) is 19.9 Å². The van der Waals surface area contributed by atoms with Gasteiger partial charge >= 0.3 is 6.03 Å². The zero-order valence-corrected chi connectivity index (χ0v) is 31.0. The van der Waals surface area contributed by atoms with Gasteiger partial charge in [0, 0.05) is 50.8 Å². The number of aromatic nitrogens is 4. The Hall–Kier alpha value is -5.29. The van der Waals surface area contributed by atoms with Crippen molar-refractivity contribution in [2.45, 2.75) is 18.5 Å². The zero-order valence-electron chi connectivity index (χ0n) is 27.7. The van der Waals surface area contributed by atoms with Gasteiger partial charge in [0.25, 0.3) is 0 Å². The maximum atomic E-state index is 12.2. The molecule has 4 heterocycles. The van der Waals surface area contributed by atoms with Crippen LogP contribution in [-0.2, 0) is 0 Å². The minimum absolute atomic E-state index is 0.312. The average Bonchev–Trinajstić information content (AvgIpc) is 3.78. The normalized spacial score (nSPS) is 10.7. The van der Waals surface area contributed by atoms with E-state index in [0.29, 0.717) is 33.0 Å². The molecule has 51 heavy (non-hydrogen) atoms. The summed E-state index contributed by atoms with van der Waals surface area (Å²) in [7, 11) is 6.43. The lowest BCUT2D eigenvalue weighted by molar-refractivity contribution is 0.262. The topological polar surface area (TPSA) is 156 Å². The number of nitrogens with zero attached hydrogens (tertiary/aromatic N) is 4. The summed E-state index contributed by atoms with van der Waals surface area (Å²) in [6.45, 7) is 0. The fourth-order valence-corrected chi connectivity index (χ4v) is 8.51. The van der Waals surface area contributed by atoms with Crippen LogP contribution < -0.4 is 35.3 Å². The number of hydrogen-bond acceptors (Lipinski definition) is 14. The van der Waals surface area contributed by atoms with Crippen LogP contribution in [0.1, 0.15) is 0 Å². The van der Waals surface area contributed by atoms with Crippen LogP contribution in [0.5, 0.6) is 23.0 Å². The molecule has 0 spiro atoms. The van der Waals surface area contributed by atoms with Gasteiger partial charge in [0.15, 0.2) is 31.7 Å². The summed E-state index contributed by atoms with van der Waals surface area (Å²) in [6.07, 6.45) is 6.83. The SMILES string of the molecule is COc1cc2nccc(Sc3ncc(N)s3)c2cc1OC.COc1cc2nccc(Sc3ncc(NC(=O)Nc4ccccc4)s3)c2cc1OC. The number of fused-ring (bicyclic) bond motifs is 2. The summed E-state index contributed by atoms with van der Waals surface area (Å²) >= 11 is 5.92. The van der Waals surface area contributed by atoms with Gasteiger partial charge in [-0.3, -0.25) is 15.3 Å². The van der Waals surface area contributed by atoms with Crippen LogP contribution in [-0.4, -0.2) is 54.4 Å². The van der Waals surface area contributed by atoms with E-state index in [1.807, 2.05) is 66.7 Å². The highest BCUT2D eigenvalue weighted by Crippen LogP contribution is 2.41. The molecule has 2 amide bonds. The molecule has 7 aromatic rings. The molecule has 0 aliphatic heterocycles. The van der Waals surface area contributed by atoms with Crippen LogP contribution in [0.4, 0.5) is 20.5 Å². The molecule has 0 unspecified atom stereocenters. The number of para-hydroxylation sites is 1. The van der Waals surface area contributed by atoms with Crippen LogP contribution in [0.25, 0.3) is 21.8 Å². The zero-order chi connectivity index (χ0) is 35.7. The number of carbonyl (C=O) groups is 1. The Morgan fingerprint density at radius 3 is 1.67 bits per heavy atom. The van der Waals surface area contributed by atoms with E-state index in [9.17, 15) is 4.79 Å². The summed E-state index contributed by atoms with van der Waals surface area (Å²) in [5.41, 5.74) is 8.10. The summed E-state index contributed by atoms with van der Waals surface area (Å²) in [4.78, 5) is 31.7. The van der Waals surface area contributed by atoms with Gasteiger partial charge in [0.2, 0.25) is 0 Å². The molecule has 260 valence electrons. The molecule has 4 N–H and O–H groups in total. The molecular formula is C35H31N7O5S4. The Kier molecular flexibility index (Phi) is 11.6. The van der Waals surface area contributed by atoms with Crippen LogP contribution >= 0.6 is 46.2 Å². The third kappa shape index (κ3) is 8.72. The Bertz CT molecular complexity index is 2280. The molecule has 0 aliphatic carbocycles. The summed E-state index contributed by atoms with van der Waals surface area (Å²) < 4.78 is 23.1. The number of nitrogens with two attached hydrogens (primary N) is 1. The summed E-state index contributed by atoms with van der Waals surface area (Å²) in [5.74, 6) is 2.61. The Labute approximate surface area is 309 Å². The highest BCUT2D eigenvalue weighted by molar-refractivity contribution is 8.01. The van der Waals surface area contributed by atoms with Gasteiger partial charge in [-0.1, -0.05) is 64.4 Å². The Morgan fingerprint density at radius 2 is 1.16 bits per heavy atom. The van der Waals surface area contributed by atoms with Crippen molar-refractivity contribution >= 4 is 89.7 Å². The van der Waals surface area contributed by atoms with Crippen LogP contribution in [0.2, 0.25) is 0 Å². The number of methoxy groups -OCH3 is 4. The molecule has 3 aromatic carbocycles. The first-order chi connectivity index (χ1) is 24.9. The van der Waals surface area contributed by atoms with E-state index >= 15 is 0 Å². The van der Waals surface area contributed by atoms with Crippen molar-refractivity contribution < 1.29 is 23.7 Å². The number of benzene rings is 3. The van der Waals surface area contributed by atoms with E-state index in [2.05, 4.69) is 30.6 Å². The molecule has 0 fully saturated rings. The maximum absolute atomic E-state index is 12.2. The third-order valence-corrected chi connectivity index (χ3v) is 11.1. The molecule has 0 radical (unpaired) electrons. The monoisotopic (exact) mass is 757 g/mol. The summed E-state index contributed by atoms with van der Waals surface area (Å²) in [5, 5.41) is 8.89. The van der Waals surface area contributed by atoms with Gasteiger partial charge < -0.3 is 30.0 Å². The summed E-state index contributed by atoms with van der Waals surface area (Å²) in [6, 6.07) is 20.4. The second-order valence-corrected chi connectivity index (χ2v) is 14.9. The Balaban J connectivity index is 0.000000187. The van der Waals surface area contributed by atoms with Gasteiger partial charge in [-0.15, -0.1) is 0 Å². The average molecular weight is 758 g/mol. The maximum Gasteiger partial charge on any atom is 0.324 e. The number of rotatable bonds is 10. The van der Waals surface area contributed by atoms with Crippen molar-refractivity contribution in [3.05, 3.63) is 91.5 Å². The highest BCUT2D eigenvalue weighted by Gasteiger charge is 2.14. The molecular weight excluding hydrogens is 727 g/mol. The largest absolute Gasteiger partial charge is 0.493 e. The van der Waals surface area contributed by atoms with E-state index < -0.39 is 0 Å².